The van der Waals surface area contributed by atoms with Crippen LogP contribution in [0.25, 0.3) is 11.0 Å². The van der Waals surface area contributed by atoms with Crippen LogP contribution in [0.15, 0.2) is 36.5 Å². The molecule has 0 unspecified atom stereocenters. The Hall–Kier alpha value is -3.59. The highest BCUT2D eigenvalue weighted by Crippen LogP contribution is 2.32. The van der Waals surface area contributed by atoms with Crippen LogP contribution in [0.1, 0.15) is 27.8 Å². The smallest absolute Gasteiger partial charge is 0.356 e. The molecule has 9 nitrogen and oxygen atoms in total. The van der Waals surface area contributed by atoms with Crippen LogP contribution in [0.5, 0.6) is 5.75 Å². The van der Waals surface area contributed by atoms with Crippen molar-refractivity contribution in [2.75, 3.05) is 38.6 Å². The third-order valence-electron chi connectivity index (χ3n) is 4.83. The average molecular weight is 426 g/mol. The quantitative estimate of drug-likeness (QED) is 0.534. The number of hydrogen-bond acceptors (Lipinski definition) is 7. The number of nitrogens with zero attached hydrogens (tertiary/aromatic N) is 2. The minimum atomic E-state index is -0.576. The van der Waals surface area contributed by atoms with E-state index < -0.39 is 5.97 Å². The lowest BCUT2D eigenvalue weighted by atomic mass is 10.2. The number of amides is 1. The molecule has 0 saturated heterocycles. The van der Waals surface area contributed by atoms with Gasteiger partial charge in [0.05, 0.1) is 38.4 Å². The van der Waals surface area contributed by atoms with Crippen LogP contribution in [-0.4, -0.2) is 55.4 Å². The van der Waals surface area contributed by atoms with E-state index in [1.807, 2.05) is 13.0 Å². The fourth-order valence-electron chi connectivity index (χ4n) is 3.36. The van der Waals surface area contributed by atoms with Gasteiger partial charge >= 0.3 is 5.97 Å². The SMILES string of the molecule is COC[C@@H](C)Nc1cnc2c(c1)c(NC(=O)c1ccc(OC)cc1)c(C(=O)OC)n2C. The standard InChI is InChI=1S/C22H26N4O5/c1-13(12-29-3)24-15-10-17-18(19(22(28)31-5)26(2)20(17)23-11-15)25-21(27)14-6-8-16(30-4)9-7-14/h6-11,13,24H,12H2,1-5H3,(H,25,27)/t13-/m1/s1. The molecule has 0 aliphatic carbocycles. The summed E-state index contributed by atoms with van der Waals surface area (Å²) < 4.78 is 16.8. The van der Waals surface area contributed by atoms with Crippen molar-refractivity contribution in [3.8, 4) is 5.75 Å². The molecule has 0 fully saturated rings. The Morgan fingerprint density at radius 1 is 1.16 bits per heavy atom. The Labute approximate surface area is 180 Å². The predicted molar refractivity (Wildman–Crippen MR) is 118 cm³/mol. The number of ether oxygens (including phenoxy) is 3. The maximum absolute atomic E-state index is 12.9. The molecule has 0 aliphatic rings. The number of rotatable bonds is 8. The summed E-state index contributed by atoms with van der Waals surface area (Å²) in [7, 11) is 6.18. The van der Waals surface area contributed by atoms with Gasteiger partial charge in [-0.1, -0.05) is 0 Å². The van der Waals surface area contributed by atoms with E-state index in [1.54, 1.807) is 56.3 Å². The Balaban J connectivity index is 2.04. The van der Waals surface area contributed by atoms with Crippen molar-refractivity contribution in [2.24, 2.45) is 7.05 Å². The summed E-state index contributed by atoms with van der Waals surface area (Å²) in [6, 6.07) is 8.57. The minimum absolute atomic E-state index is 0.0466. The maximum Gasteiger partial charge on any atom is 0.356 e. The number of fused-ring (bicyclic) bond motifs is 1. The van der Waals surface area contributed by atoms with Gasteiger partial charge in [0, 0.05) is 31.1 Å². The van der Waals surface area contributed by atoms with Crippen molar-refractivity contribution in [1.29, 1.82) is 0 Å². The lowest BCUT2D eigenvalue weighted by Gasteiger charge is -2.14. The van der Waals surface area contributed by atoms with Crippen molar-refractivity contribution in [3.63, 3.8) is 0 Å². The molecule has 164 valence electrons. The number of pyridine rings is 1. The number of nitrogens with one attached hydrogen (secondary N) is 2. The second kappa shape index (κ2) is 9.48. The van der Waals surface area contributed by atoms with Crippen LogP contribution < -0.4 is 15.4 Å². The summed E-state index contributed by atoms with van der Waals surface area (Å²) in [5, 5.41) is 6.76. The third kappa shape index (κ3) is 4.61. The Morgan fingerprint density at radius 3 is 2.48 bits per heavy atom. The van der Waals surface area contributed by atoms with E-state index in [0.717, 1.165) is 5.69 Å². The fourth-order valence-corrected chi connectivity index (χ4v) is 3.36. The zero-order valence-electron chi connectivity index (χ0n) is 18.2. The number of carbonyl (C=O) groups excluding carboxylic acids is 2. The van der Waals surface area contributed by atoms with E-state index >= 15 is 0 Å². The molecular formula is C22H26N4O5. The van der Waals surface area contributed by atoms with E-state index in [1.165, 1.54) is 7.11 Å². The second-order valence-corrected chi connectivity index (χ2v) is 7.05. The third-order valence-corrected chi connectivity index (χ3v) is 4.83. The van der Waals surface area contributed by atoms with Gasteiger partial charge in [-0.3, -0.25) is 4.79 Å². The van der Waals surface area contributed by atoms with Crippen molar-refractivity contribution in [1.82, 2.24) is 9.55 Å². The fraction of sp³-hybridized carbons (Fsp3) is 0.318. The van der Waals surface area contributed by atoms with Crippen molar-refractivity contribution >= 4 is 34.3 Å². The van der Waals surface area contributed by atoms with Crippen LogP contribution in [0, 0.1) is 0 Å². The molecule has 2 aromatic heterocycles. The van der Waals surface area contributed by atoms with Gasteiger partial charge in [0.2, 0.25) is 0 Å². The molecule has 1 aromatic carbocycles. The molecule has 3 rings (SSSR count). The van der Waals surface area contributed by atoms with Gasteiger partial charge in [0.1, 0.15) is 11.4 Å². The maximum atomic E-state index is 12.9. The molecule has 9 heteroatoms. The second-order valence-electron chi connectivity index (χ2n) is 7.05. The summed E-state index contributed by atoms with van der Waals surface area (Å²) in [4.78, 5) is 29.9. The first-order valence-corrected chi connectivity index (χ1v) is 9.67. The Morgan fingerprint density at radius 2 is 1.87 bits per heavy atom. The first kappa shape index (κ1) is 22.1. The minimum Gasteiger partial charge on any atom is -0.497 e. The highest BCUT2D eigenvalue weighted by atomic mass is 16.5. The molecule has 2 N–H and O–H groups in total. The van der Waals surface area contributed by atoms with Crippen molar-refractivity contribution in [3.05, 3.63) is 47.8 Å². The highest BCUT2D eigenvalue weighted by Gasteiger charge is 2.25. The molecule has 0 saturated carbocycles. The van der Waals surface area contributed by atoms with Gasteiger partial charge in [0.15, 0.2) is 5.69 Å². The van der Waals surface area contributed by atoms with Crippen LogP contribution in [0.2, 0.25) is 0 Å². The predicted octanol–water partition coefficient (Wildman–Crippen LogP) is 3.07. The van der Waals surface area contributed by atoms with E-state index in [2.05, 4.69) is 15.6 Å². The summed E-state index contributed by atoms with van der Waals surface area (Å²) in [6.07, 6.45) is 1.67. The molecular weight excluding hydrogens is 400 g/mol. The molecule has 0 radical (unpaired) electrons. The Bertz CT molecular complexity index is 1090. The number of esters is 1. The summed E-state index contributed by atoms with van der Waals surface area (Å²) in [5.41, 5.74) is 2.23. The first-order chi connectivity index (χ1) is 14.9. The van der Waals surface area contributed by atoms with Gasteiger partial charge < -0.3 is 29.4 Å². The molecule has 2 heterocycles. The van der Waals surface area contributed by atoms with Crippen LogP contribution in [0.3, 0.4) is 0 Å². The van der Waals surface area contributed by atoms with Gasteiger partial charge in [0.25, 0.3) is 5.91 Å². The summed E-state index contributed by atoms with van der Waals surface area (Å²) >= 11 is 0. The van der Waals surface area contributed by atoms with Crippen molar-refractivity contribution in [2.45, 2.75) is 13.0 Å². The van der Waals surface area contributed by atoms with E-state index in [-0.39, 0.29) is 17.6 Å². The summed E-state index contributed by atoms with van der Waals surface area (Å²) in [5.74, 6) is -0.304. The molecule has 0 aliphatic heterocycles. The van der Waals surface area contributed by atoms with Crippen LogP contribution in [0.4, 0.5) is 11.4 Å². The largest absolute Gasteiger partial charge is 0.497 e. The number of carbonyl (C=O) groups is 2. The highest BCUT2D eigenvalue weighted by molar-refractivity contribution is 6.14. The molecule has 3 aromatic rings. The van der Waals surface area contributed by atoms with E-state index in [0.29, 0.717) is 34.6 Å². The van der Waals surface area contributed by atoms with Gasteiger partial charge in [-0.15, -0.1) is 0 Å². The van der Waals surface area contributed by atoms with Crippen molar-refractivity contribution < 1.29 is 23.8 Å². The average Bonchev–Trinajstić information content (AvgIpc) is 3.04. The monoisotopic (exact) mass is 426 g/mol. The molecule has 31 heavy (non-hydrogen) atoms. The summed E-state index contributed by atoms with van der Waals surface area (Å²) in [6.45, 7) is 2.49. The molecule has 1 atom stereocenters. The number of aromatic nitrogens is 2. The van der Waals surface area contributed by atoms with Gasteiger partial charge in [-0.25, -0.2) is 9.78 Å². The lowest BCUT2D eigenvalue weighted by Crippen LogP contribution is -2.20. The number of hydrogen-bond donors (Lipinski definition) is 2. The molecule has 0 spiro atoms. The normalized spacial score (nSPS) is 11.8. The molecule has 0 bridgehead atoms. The van der Waals surface area contributed by atoms with Crippen LogP contribution in [-0.2, 0) is 16.5 Å². The number of methoxy groups -OCH3 is 3. The first-order valence-electron chi connectivity index (χ1n) is 9.67. The lowest BCUT2D eigenvalue weighted by molar-refractivity contribution is 0.0591. The number of aryl methyl sites for hydroxylation is 1. The zero-order valence-corrected chi connectivity index (χ0v) is 18.2. The van der Waals surface area contributed by atoms with Gasteiger partial charge in [-0.2, -0.15) is 0 Å². The Kier molecular flexibility index (Phi) is 6.76. The number of anilines is 2. The molecule has 1 amide bonds. The van der Waals surface area contributed by atoms with Gasteiger partial charge in [-0.05, 0) is 37.3 Å². The zero-order chi connectivity index (χ0) is 22.5. The van der Waals surface area contributed by atoms with E-state index in [4.69, 9.17) is 14.2 Å². The van der Waals surface area contributed by atoms with E-state index in [9.17, 15) is 9.59 Å². The number of benzene rings is 1. The topological polar surface area (TPSA) is 104 Å². The van der Waals surface area contributed by atoms with Crippen LogP contribution >= 0.6 is 0 Å².